The number of aromatic nitrogens is 5. The van der Waals surface area contributed by atoms with E-state index in [4.69, 9.17) is 0 Å². The number of para-hydroxylation sites is 2. The Morgan fingerprint density at radius 1 is 1.17 bits per heavy atom. The molecule has 24 heavy (non-hydrogen) atoms. The minimum atomic E-state index is -0.106. The van der Waals surface area contributed by atoms with E-state index in [-0.39, 0.29) is 5.91 Å². The maximum Gasteiger partial charge on any atom is 0.274 e. The molecule has 0 saturated heterocycles. The van der Waals surface area contributed by atoms with E-state index in [1.165, 1.54) is 0 Å². The number of nitrogens with zero attached hydrogens (tertiary/aromatic N) is 6. The normalized spacial score (nSPS) is 11.2. The highest BCUT2D eigenvalue weighted by molar-refractivity contribution is 5.92. The van der Waals surface area contributed by atoms with Gasteiger partial charge in [-0.25, -0.2) is 14.5 Å². The Balaban J connectivity index is 1.51. The number of benzene rings is 1. The summed E-state index contributed by atoms with van der Waals surface area (Å²) in [5, 5.41) is 4.19. The van der Waals surface area contributed by atoms with E-state index in [2.05, 4.69) is 15.1 Å². The highest BCUT2D eigenvalue weighted by Crippen LogP contribution is 2.12. The van der Waals surface area contributed by atoms with E-state index >= 15 is 0 Å². The summed E-state index contributed by atoms with van der Waals surface area (Å²) in [5.41, 5.74) is 3.14. The van der Waals surface area contributed by atoms with Gasteiger partial charge in [-0.1, -0.05) is 12.1 Å². The number of fused-ring (bicyclic) bond motifs is 2. The second kappa shape index (κ2) is 5.77. The first kappa shape index (κ1) is 14.4. The molecule has 0 aliphatic heterocycles. The number of amides is 1. The van der Waals surface area contributed by atoms with Crippen molar-refractivity contribution >= 4 is 22.6 Å². The van der Waals surface area contributed by atoms with Crippen molar-refractivity contribution in [3.05, 3.63) is 60.8 Å². The Kier molecular flexibility index (Phi) is 3.45. The second-order valence-electron chi connectivity index (χ2n) is 5.59. The van der Waals surface area contributed by atoms with Crippen molar-refractivity contribution < 1.29 is 4.79 Å². The van der Waals surface area contributed by atoms with E-state index in [1.807, 2.05) is 34.9 Å². The average Bonchev–Trinajstić information content (AvgIpc) is 3.23. The quantitative estimate of drug-likeness (QED) is 0.575. The summed E-state index contributed by atoms with van der Waals surface area (Å²) in [6, 6.07) is 11.6. The molecule has 0 radical (unpaired) electrons. The van der Waals surface area contributed by atoms with E-state index in [9.17, 15) is 4.79 Å². The van der Waals surface area contributed by atoms with Gasteiger partial charge >= 0.3 is 0 Å². The highest BCUT2D eigenvalue weighted by Gasteiger charge is 2.17. The third kappa shape index (κ3) is 2.40. The van der Waals surface area contributed by atoms with E-state index in [1.54, 1.807) is 41.3 Å². The van der Waals surface area contributed by atoms with E-state index < -0.39 is 0 Å². The molecule has 0 spiro atoms. The number of carbonyl (C=O) groups excluding carboxylic acids is 1. The number of hydrogen-bond donors (Lipinski definition) is 0. The zero-order valence-corrected chi connectivity index (χ0v) is 13.2. The molecule has 3 heterocycles. The van der Waals surface area contributed by atoms with Crippen LogP contribution in [-0.2, 0) is 6.54 Å². The molecule has 0 bridgehead atoms. The van der Waals surface area contributed by atoms with Crippen LogP contribution in [0.25, 0.3) is 16.7 Å². The van der Waals surface area contributed by atoms with Crippen molar-refractivity contribution in [1.29, 1.82) is 0 Å². The predicted octanol–water partition coefficient (Wildman–Crippen LogP) is 1.85. The van der Waals surface area contributed by atoms with Gasteiger partial charge in [0, 0.05) is 26.3 Å². The largest absolute Gasteiger partial charge is 0.339 e. The minimum absolute atomic E-state index is 0.106. The number of likely N-dealkylation sites (N-methyl/N-ethyl adjacent to an activating group) is 1. The maximum atomic E-state index is 12.6. The molecule has 0 fully saturated rings. The number of rotatable bonds is 4. The van der Waals surface area contributed by atoms with Crippen molar-refractivity contribution in [2.24, 2.45) is 0 Å². The maximum absolute atomic E-state index is 12.6. The first-order chi connectivity index (χ1) is 11.7. The van der Waals surface area contributed by atoms with Crippen LogP contribution in [0.1, 0.15) is 10.5 Å². The summed E-state index contributed by atoms with van der Waals surface area (Å²) in [6.45, 7) is 1.24. The second-order valence-corrected chi connectivity index (χ2v) is 5.59. The van der Waals surface area contributed by atoms with Crippen molar-refractivity contribution in [2.75, 3.05) is 13.6 Å². The molecular weight excluding hydrogens is 304 g/mol. The summed E-state index contributed by atoms with van der Waals surface area (Å²) in [5.74, 6) is -0.106. The van der Waals surface area contributed by atoms with Crippen molar-refractivity contribution in [1.82, 2.24) is 29.0 Å². The van der Waals surface area contributed by atoms with Gasteiger partial charge in [0.05, 0.1) is 23.6 Å². The van der Waals surface area contributed by atoms with Gasteiger partial charge in [-0.15, -0.1) is 0 Å². The molecule has 4 rings (SSSR count). The summed E-state index contributed by atoms with van der Waals surface area (Å²) in [7, 11) is 1.78. The first-order valence-electron chi connectivity index (χ1n) is 7.68. The molecule has 7 heteroatoms. The molecule has 1 amide bonds. The van der Waals surface area contributed by atoms with Gasteiger partial charge in [0.25, 0.3) is 5.91 Å². The SMILES string of the molecule is CN(CCn1cnc2ccccc21)C(=O)c1cnc2cccnn12. The number of imidazole rings is 2. The van der Waals surface area contributed by atoms with Gasteiger partial charge in [-0.2, -0.15) is 5.10 Å². The molecule has 4 aromatic rings. The molecule has 120 valence electrons. The summed E-state index contributed by atoms with van der Waals surface area (Å²) in [4.78, 5) is 22.9. The van der Waals surface area contributed by atoms with Crippen LogP contribution in [0.3, 0.4) is 0 Å². The predicted molar refractivity (Wildman–Crippen MR) is 89.7 cm³/mol. The molecule has 1 aromatic carbocycles. The van der Waals surface area contributed by atoms with E-state index in [0.29, 0.717) is 24.4 Å². The summed E-state index contributed by atoms with van der Waals surface area (Å²) in [6.07, 6.45) is 5.01. The van der Waals surface area contributed by atoms with Crippen LogP contribution < -0.4 is 0 Å². The van der Waals surface area contributed by atoms with Gasteiger partial charge in [0.2, 0.25) is 0 Å². The zero-order valence-electron chi connectivity index (χ0n) is 13.2. The van der Waals surface area contributed by atoms with Gasteiger partial charge in [0.15, 0.2) is 11.3 Å². The standard InChI is InChI=1S/C17H16N6O/c1-21(9-10-22-12-19-13-5-2-3-6-14(13)22)17(24)15-11-18-16-7-4-8-20-23(15)16/h2-8,11-12H,9-10H2,1H3. The molecule has 0 saturated carbocycles. The fourth-order valence-electron chi connectivity index (χ4n) is 2.72. The topological polar surface area (TPSA) is 68.3 Å². The molecular formula is C17H16N6O. The van der Waals surface area contributed by atoms with Crippen LogP contribution in [0, 0.1) is 0 Å². The Labute approximate surface area is 138 Å². The third-order valence-corrected chi connectivity index (χ3v) is 4.05. The van der Waals surface area contributed by atoms with Crippen molar-refractivity contribution in [3.8, 4) is 0 Å². The lowest BCUT2D eigenvalue weighted by Gasteiger charge is -2.17. The minimum Gasteiger partial charge on any atom is -0.339 e. The summed E-state index contributed by atoms with van der Waals surface area (Å²) >= 11 is 0. The molecule has 7 nitrogen and oxygen atoms in total. The smallest absolute Gasteiger partial charge is 0.274 e. The Morgan fingerprint density at radius 2 is 2.04 bits per heavy atom. The molecule has 0 aliphatic rings. The Hall–Kier alpha value is -3.22. The fraction of sp³-hybridized carbons (Fsp3) is 0.176. The van der Waals surface area contributed by atoms with Crippen LogP contribution in [0.15, 0.2) is 55.1 Å². The first-order valence-corrected chi connectivity index (χ1v) is 7.68. The van der Waals surface area contributed by atoms with Gasteiger partial charge in [-0.05, 0) is 24.3 Å². The Bertz CT molecular complexity index is 1020. The van der Waals surface area contributed by atoms with Crippen LogP contribution in [0.5, 0.6) is 0 Å². The monoisotopic (exact) mass is 320 g/mol. The third-order valence-electron chi connectivity index (χ3n) is 4.05. The van der Waals surface area contributed by atoms with Gasteiger partial charge < -0.3 is 9.47 Å². The summed E-state index contributed by atoms with van der Waals surface area (Å²) < 4.78 is 3.61. The fourth-order valence-corrected chi connectivity index (χ4v) is 2.72. The average molecular weight is 320 g/mol. The lowest BCUT2D eigenvalue weighted by Crippen LogP contribution is -2.31. The van der Waals surface area contributed by atoms with Crippen LogP contribution in [0.2, 0.25) is 0 Å². The van der Waals surface area contributed by atoms with Crippen molar-refractivity contribution in [2.45, 2.75) is 6.54 Å². The molecule has 0 aliphatic carbocycles. The lowest BCUT2D eigenvalue weighted by molar-refractivity contribution is 0.0782. The van der Waals surface area contributed by atoms with Crippen LogP contribution in [-0.4, -0.2) is 48.5 Å². The van der Waals surface area contributed by atoms with Crippen LogP contribution in [0.4, 0.5) is 0 Å². The lowest BCUT2D eigenvalue weighted by atomic mass is 10.3. The Morgan fingerprint density at radius 3 is 2.96 bits per heavy atom. The highest BCUT2D eigenvalue weighted by atomic mass is 16.2. The van der Waals surface area contributed by atoms with Crippen LogP contribution >= 0.6 is 0 Å². The molecule has 0 atom stereocenters. The molecule has 3 aromatic heterocycles. The van der Waals surface area contributed by atoms with Gasteiger partial charge in [0.1, 0.15) is 0 Å². The molecule has 0 unspecified atom stereocenters. The molecule has 0 N–H and O–H groups in total. The number of hydrogen-bond acceptors (Lipinski definition) is 4. The zero-order chi connectivity index (χ0) is 16.5. The van der Waals surface area contributed by atoms with E-state index in [0.717, 1.165) is 11.0 Å². The van der Waals surface area contributed by atoms with Crippen molar-refractivity contribution in [3.63, 3.8) is 0 Å². The van der Waals surface area contributed by atoms with Gasteiger partial charge in [-0.3, -0.25) is 4.79 Å². The number of carbonyl (C=O) groups is 1.